The molecule has 0 amide bonds. The summed E-state index contributed by atoms with van der Waals surface area (Å²) in [6.07, 6.45) is 1.65. The molecule has 0 aliphatic carbocycles. The molecule has 0 spiro atoms. The zero-order chi connectivity index (χ0) is 16.5. The Morgan fingerprint density at radius 3 is 1.95 bits per heavy atom. The van der Waals surface area contributed by atoms with Gasteiger partial charge in [-0.15, -0.1) is 0 Å². The van der Waals surface area contributed by atoms with Crippen LogP contribution in [0, 0.1) is 34.6 Å². The van der Waals surface area contributed by atoms with Crippen LogP contribution in [-0.2, 0) is 16.6 Å². The highest BCUT2D eigenvalue weighted by Gasteiger charge is 2.23. The normalized spacial score (nSPS) is 11.7. The van der Waals surface area contributed by atoms with E-state index in [0.717, 1.165) is 27.8 Å². The fourth-order valence-corrected chi connectivity index (χ4v) is 4.21. The molecule has 2 rings (SSSR count). The third-order valence-corrected chi connectivity index (χ3v) is 6.04. The number of hydrogen-bond donors (Lipinski definition) is 1. The molecule has 0 bridgehead atoms. The van der Waals surface area contributed by atoms with Crippen molar-refractivity contribution in [3.05, 3.63) is 57.9 Å². The van der Waals surface area contributed by atoms with Gasteiger partial charge in [0.1, 0.15) is 0 Å². The number of rotatable bonds is 4. The van der Waals surface area contributed by atoms with Crippen LogP contribution in [0.5, 0.6) is 0 Å². The lowest BCUT2D eigenvalue weighted by Crippen LogP contribution is -2.26. The Morgan fingerprint density at radius 1 is 0.909 bits per heavy atom. The van der Waals surface area contributed by atoms with Gasteiger partial charge in [0.25, 0.3) is 0 Å². The Balaban J connectivity index is 2.42. The Labute approximate surface area is 132 Å². The van der Waals surface area contributed by atoms with E-state index < -0.39 is 10.0 Å². The van der Waals surface area contributed by atoms with Gasteiger partial charge in [0.2, 0.25) is 10.0 Å². The fraction of sp³-hybridized carbons (Fsp3) is 0.353. The van der Waals surface area contributed by atoms with Gasteiger partial charge in [0.05, 0.1) is 17.1 Å². The van der Waals surface area contributed by atoms with Crippen LogP contribution in [-0.4, -0.2) is 13.4 Å². The molecular weight excluding hydrogens is 296 g/mol. The minimum Gasteiger partial charge on any atom is -0.260 e. The van der Waals surface area contributed by atoms with Crippen molar-refractivity contribution in [1.82, 2.24) is 9.71 Å². The number of hydrogen-bond acceptors (Lipinski definition) is 3. The van der Waals surface area contributed by atoms with Crippen molar-refractivity contribution >= 4 is 10.0 Å². The van der Waals surface area contributed by atoms with Crippen LogP contribution < -0.4 is 4.72 Å². The van der Waals surface area contributed by atoms with Crippen LogP contribution in [0.2, 0.25) is 0 Å². The van der Waals surface area contributed by atoms with Gasteiger partial charge >= 0.3 is 0 Å². The Kier molecular flexibility index (Phi) is 4.68. The van der Waals surface area contributed by atoms with E-state index in [1.165, 1.54) is 0 Å². The van der Waals surface area contributed by atoms with E-state index in [0.29, 0.717) is 10.6 Å². The summed E-state index contributed by atoms with van der Waals surface area (Å²) >= 11 is 0. The second-order valence-electron chi connectivity index (χ2n) is 5.60. The SMILES string of the molecule is Cc1c(C)c(C)c(S(=O)(=O)NCc2ccccn2)c(C)c1C. The maximum atomic E-state index is 12.7. The van der Waals surface area contributed by atoms with Crippen LogP contribution in [0.3, 0.4) is 0 Å². The van der Waals surface area contributed by atoms with Crippen molar-refractivity contribution in [3.63, 3.8) is 0 Å². The molecule has 0 saturated heterocycles. The standard InChI is InChI=1S/C17H22N2O2S/c1-11-12(2)14(4)17(15(5)13(11)3)22(20,21)19-10-16-8-6-7-9-18-16/h6-9,19H,10H2,1-5H3. The van der Waals surface area contributed by atoms with Crippen molar-refractivity contribution < 1.29 is 8.42 Å². The predicted octanol–water partition coefficient (Wildman–Crippen LogP) is 3.10. The summed E-state index contributed by atoms with van der Waals surface area (Å²) < 4.78 is 28.1. The van der Waals surface area contributed by atoms with E-state index in [1.807, 2.05) is 40.7 Å². The molecule has 0 unspecified atom stereocenters. The molecule has 2 aromatic rings. The van der Waals surface area contributed by atoms with E-state index in [4.69, 9.17) is 0 Å². The van der Waals surface area contributed by atoms with E-state index >= 15 is 0 Å². The van der Waals surface area contributed by atoms with Crippen molar-refractivity contribution in [2.45, 2.75) is 46.1 Å². The Bertz CT molecular complexity index is 768. The summed E-state index contributed by atoms with van der Waals surface area (Å²) in [7, 11) is -3.57. The summed E-state index contributed by atoms with van der Waals surface area (Å²) in [5, 5.41) is 0. The quantitative estimate of drug-likeness (QED) is 0.942. The minimum atomic E-state index is -3.57. The summed E-state index contributed by atoms with van der Waals surface area (Å²) in [5.74, 6) is 0. The lowest BCUT2D eigenvalue weighted by Gasteiger charge is -2.19. The number of nitrogens with one attached hydrogen (secondary N) is 1. The van der Waals surface area contributed by atoms with Gasteiger partial charge < -0.3 is 0 Å². The van der Waals surface area contributed by atoms with Crippen LogP contribution in [0.25, 0.3) is 0 Å². The van der Waals surface area contributed by atoms with Gasteiger partial charge in [-0.05, 0) is 74.6 Å². The molecule has 1 aromatic carbocycles. The van der Waals surface area contributed by atoms with Gasteiger partial charge in [0.15, 0.2) is 0 Å². The molecule has 0 aliphatic rings. The van der Waals surface area contributed by atoms with Gasteiger partial charge in [-0.25, -0.2) is 13.1 Å². The van der Waals surface area contributed by atoms with Crippen LogP contribution in [0.1, 0.15) is 33.5 Å². The zero-order valence-corrected chi connectivity index (χ0v) is 14.5. The third kappa shape index (κ3) is 3.05. The molecule has 0 aliphatic heterocycles. The lowest BCUT2D eigenvalue weighted by molar-refractivity contribution is 0.578. The van der Waals surface area contributed by atoms with E-state index in [9.17, 15) is 8.42 Å². The van der Waals surface area contributed by atoms with Gasteiger partial charge in [0, 0.05) is 6.20 Å². The van der Waals surface area contributed by atoms with Gasteiger partial charge in [-0.3, -0.25) is 4.98 Å². The van der Waals surface area contributed by atoms with E-state index in [-0.39, 0.29) is 6.54 Å². The lowest BCUT2D eigenvalue weighted by atomic mass is 9.95. The predicted molar refractivity (Wildman–Crippen MR) is 88.4 cm³/mol. The highest BCUT2D eigenvalue weighted by Crippen LogP contribution is 2.29. The monoisotopic (exact) mass is 318 g/mol. The topological polar surface area (TPSA) is 59.1 Å². The van der Waals surface area contributed by atoms with Crippen LogP contribution >= 0.6 is 0 Å². The number of aromatic nitrogens is 1. The van der Waals surface area contributed by atoms with Crippen molar-refractivity contribution in [2.75, 3.05) is 0 Å². The Hall–Kier alpha value is -1.72. The number of pyridine rings is 1. The summed E-state index contributed by atoms with van der Waals surface area (Å²) in [6, 6.07) is 5.44. The first-order valence-corrected chi connectivity index (χ1v) is 8.70. The van der Waals surface area contributed by atoms with Gasteiger partial charge in [-0.2, -0.15) is 0 Å². The zero-order valence-electron chi connectivity index (χ0n) is 13.7. The average Bonchev–Trinajstić information content (AvgIpc) is 2.50. The van der Waals surface area contributed by atoms with Crippen molar-refractivity contribution in [3.8, 4) is 0 Å². The van der Waals surface area contributed by atoms with E-state index in [2.05, 4.69) is 9.71 Å². The summed E-state index contributed by atoms with van der Waals surface area (Å²) in [5.41, 5.74) is 5.53. The van der Waals surface area contributed by atoms with Gasteiger partial charge in [-0.1, -0.05) is 6.07 Å². The third-order valence-electron chi connectivity index (χ3n) is 4.37. The maximum Gasteiger partial charge on any atom is 0.241 e. The first kappa shape index (κ1) is 16.6. The van der Waals surface area contributed by atoms with E-state index in [1.54, 1.807) is 18.3 Å². The molecule has 0 radical (unpaired) electrons. The molecule has 0 fully saturated rings. The highest BCUT2D eigenvalue weighted by atomic mass is 32.2. The molecule has 0 atom stereocenters. The smallest absolute Gasteiger partial charge is 0.241 e. The van der Waals surface area contributed by atoms with Crippen LogP contribution in [0.15, 0.2) is 29.3 Å². The second-order valence-corrected chi connectivity index (χ2v) is 7.30. The first-order valence-electron chi connectivity index (χ1n) is 7.22. The molecule has 22 heavy (non-hydrogen) atoms. The molecule has 5 heteroatoms. The molecule has 1 N–H and O–H groups in total. The minimum absolute atomic E-state index is 0.189. The molecule has 118 valence electrons. The largest absolute Gasteiger partial charge is 0.260 e. The maximum absolute atomic E-state index is 12.7. The second kappa shape index (κ2) is 6.18. The molecule has 1 aromatic heterocycles. The highest BCUT2D eigenvalue weighted by molar-refractivity contribution is 7.89. The first-order chi connectivity index (χ1) is 10.3. The fourth-order valence-electron chi connectivity index (χ4n) is 2.61. The van der Waals surface area contributed by atoms with Crippen molar-refractivity contribution in [2.24, 2.45) is 0 Å². The molecular formula is C17H22N2O2S. The Morgan fingerprint density at radius 2 is 1.45 bits per heavy atom. The number of benzene rings is 1. The molecule has 0 saturated carbocycles. The number of sulfonamides is 1. The van der Waals surface area contributed by atoms with Crippen LogP contribution in [0.4, 0.5) is 0 Å². The van der Waals surface area contributed by atoms with Crippen molar-refractivity contribution in [1.29, 1.82) is 0 Å². The average molecular weight is 318 g/mol. The molecule has 1 heterocycles. The summed E-state index contributed by atoms with van der Waals surface area (Å²) in [4.78, 5) is 4.54. The summed E-state index contributed by atoms with van der Waals surface area (Å²) in [6.45, 7) is 9.88. The number of nitrogens with zero attached hydrogens (tertiary/aromatic N) is 1. The molecule has 4 nitrogen and oxygen atoms in total.